The molecule has 1 aliphatic heterocycles. The lowest BCUT2D eigenvalue weighted by Crippen LogP contribution is -2.53. The number of rotatable bonds is 13. The second kappa shape index (κ2) is 12.8. The van der Waals surface area contributed by atoms with E-state index in [0.717, 1.165) is 0 Å². The molecule has 12 heteroatoms. The normalized spacial score (nSPS) is 17.8. The Morgan fingerprint density at radius 1 is 1.10 bits per heavy atom. The van der Waals surface area contributed by atoms with Crippen LogP contribution in [0.3, 0.4) is 0 Å². The number of carboxylic acids is 2. The van der Waals surface area contributed by atoms with Gasteiger partial charge in [-0.05, 0) is 45.1 Å². The zero-order valence-electron chi connectivity index (χ0n) is 16.8. The minimum atomic E-state index is -1.09. The summed E-state index contributed by atoms with van der Waals surface area (Å²) in [5.41, 5.74) is 11.0. The number of carbonyl (C=O) groups is 5. The summed E-state index contributed by atoms with van der Waals surface area (Å²) in [6, 6.07) is -2.92. The van der Waals surface area contributed by atoms with Gasteiger partial charge in [-0.2, -0.15) is 0 Å². The van der Waals surface area contributed by atoms with Gasteiger partial charge in [-0.25, -0.2) is 4.79 Å². The van der Waals surface area contributed by atoms with Crippen LogP contribution in [0.15, 0.2) is 0 Å². The van der Waals surface area contributed by atoms with Crippen molar-refractivity contribution in [3.63, 3.8) is 0 Å². The van der Waals surface area contributed by atoms with Gasteiger partial charge in [-0.1, -0.05) is 0 Å². The average Bonchev–Trinajstić information content (AvgIpc) is 3.19. The molecule has 0 aromatic carbocycles. The van der Waals surface area contributed by atoms with Gasteiger partial charge in [0.2, 0.25) is 17.7 Å². The van der Waals surface area contributed by atoms with Crippen molar-refractivity contribution in [2.75, 3.05) is 19.6 Å². The molecule has 1 rings (SSSR count). The molecule has 1 fully saturated rings. The first kappa shape index (κ1) is 25.3. The number of likely N-dealkylation sites (tertiary alicyclic amines) is 1. The van der Waals surface area contributed by atoms with Crippen molar-refractivity contribution < 1.29 is 34.2 Å². The van der Waals surface area contributed by atoms with Crippen molar-refractivity contribution in [3.8, 4) is 0 Å². The summed E-state index contributed by atoms with van der Waals surface area (Å²) in [5.74, 6) is -3.96. The maximum Gasteiger partial charge on any atom is 0.326 e. The lowest BCUT2D eigenvalue weighted by atomic mass is 10.1. The monoisotopic (exact) mass is 429 g/mol. The summed E-state index contributed by atoms with van der Waals surface area (Å²) in [4.78, 5) is 60.1. The van der Waals surface area contributed by atoms with Crippen LogP contribution < -0.4 is 22.1 Å². The Bertz CT molecular complexity index is 642. The molecule has 1 aliphatic rings. The SMILES string of the molecule is NCCCCC(NC(=O)CNC(=O)C(N)CCC(=O)O)C(=O)N1CCCC1C(=O)O. The molecule has 3 atom stereocenters. The number of nitrogens with two attached hydrogens (primary N) is 2. The van der Waals surface area contributed by atoms with E-state index in [2.05, 4.69) is 10.6 Å². The third kappa shape index (κ3) is 8.33. The number of unbranched alkanes of at least 4 members (excludes halogenated alkanes) is 1. The third-order valence-corrected chi connectivity index (χ3v) is 4.83. The summed E-state index contributed by atoms with van der Waals surface area (Å²) < 4.78 is 0. The molecule has 1 saturated heterocycles. The fourth-order valence-electron chi connectivity index (χ4n) is 3.19. The molecule has 1 heterocycles. The van der Waals surface area contributed by atoms with E-state index in [1.807, 2.05) is 0 Å². The molecule has 0 radical (unpaired) electrons. The van der Waals surface area contributed by atoms with Crippen LogP contribution in [0, 0.1) is 0 Å². The van der Waals surface area contributed by atoms with Crippen LogP contribution in [0.2, 0.25) is 0 Å². The summed E-state index contributed by atoms with van der Waals surface area (Å²) in [6.45, 7) is 0.275. The predicted octanol–water partition coefficient (Wildman–Crippen LogP) is -2.02. The Morgan fingerprint density at radius 3 is 2.40 bits per heavy atom. The smallest absolute Gasteiger partial charge is 0.326 e. The number of hydrogen-bond acceptors (Lipinski definition) is 7. The van der Waals surface area contributed by atoms with Gasteiger partial charge in [0.25, 0.3) is 0 Å². The zero-order valence-corrected chi connectivity index (χ0v) is 16.8. The van der Waals surface area contributed by atoms with Crippen molar-refractivity contribution >= 4 is 29.7 Å². The van der Waals surface area contributed by atoms with Crippen LogP contribution >= 0.6 is 0 Å². The number of amides is 3. The Hall–Kier alpha value is -2.73. The standard InChI is InChI=1S/C18H31N5O7/c19-8-2-1-4-12(17(28)23-9-3-5-13(23)18(29)30)22-14(24)10-21-16(27)11(20)6-7-15(25)26/h11-13H,1-10,19-20H2,(H,21,27)(H,22,24)(H,25,26)(H,29,30). The van der Waals surface area contributed by atoms with E-state index in [1.165, 1.54) is 4.90 Å². The molecule has 12 nitrogen and oxygen atoms in total. The van der Waals surface area contributed by atoms with Crippen molar-refractivity contribution in [2.45, 2.75) is 63.1 Å². The van der Waals surface area contributed by atoms with Gasteiger partial charge in [-0.15, -0.1) is 0 Å². The second-order valence-corrected chi connectivity index (χ2v) is 7.19. The molecule has 8 N–H and O–H groups in total. The number of nitrogens with one attached hydrogen (secondary N) is 2. The van der Waals surface area contributed by atoms with Crippen LogP contribution in [-0.4, -0.2) is 82.5 Å². The van der Waals surface area contributed by atoms with E-state index in [4.69, 9.17) is 16.6 Å². The van der Waals surface area contributed by atoms with E-state index in [1.54, 1.807) is 0 Å². The van der Waals surface area contributed by atoms with Gasteiger partial charge in [0.05, 0.1) is 12.6 Å². The molecule has 0 bridgehead atoms. The van der Waals surface area contributed by atoms with Crippen molar-refractivity contribution in [2.24, 2.45) is 11.5 Å². The Morgan fingerprint density at radius 2 is 1.80 bits per heavy atom. The quantitative estimate of drug-likeness (QED) is 0.178. The van der Waals surface area contributed by atoms with E-state index < -0.39 is 54.3 Å². The fourth-order valence-corrected chi connectivity index (χ4v) is 3.19. The molecule has 3 unspecified atom stereocenters. The molecular formula is C18H31N5O7. The molecule has 0 aliphatic carbocycles. The molecular weight excluding hydrogens is 398 g/mol. The number of carboxylic acid groups (broad SMARTS) is 2. The van der Waals surface area contributed by atoms with E-state index in [9.17, 15) is 29.1 Å². The molecule has 3 amide bonds. The van der Waals surface area contributed by atoms with Crippen molar-refractivity contribution in [3.05, 3.63) is 0 Å². The Balaban J connectivity index is 2.64. The minimum Gasteiger partial charge on any atom is -0.481 e. The van der Waals surface area contributed by atoms with Gasteiger partial charge in [0.1, 0.15) is 12.1 Å². The van der Waals surface area contributed by atoms with Crippen LogP contribution in [-0.2, 0) is 24.0 Å². The topological polar surface area (TPSA) is 205 Å². The minimum absolute atomic E-state index is 0.0749. The number of hydrogen-bond donors (Lipinski definition) is 6. The first-order valence-corrected chi connectivity index (χ1v) is 9.95. The molecule has 170 valence electrons. The molecule has 0 aromatic rings. The molecule has 30 heavy (non-hydrogen) atoms. The first-order valence-electron chi connectivity index (χ1n) is 9.95. The first-order chi connectivity index (χ1) is 14.2. The maximum absolute atomic E-state index is 12.8. The third-order valence-electron chi connectivity index (χ3n) is 4.83. The largest absolute Gasteiger partial charge is 0.481 e. The van der Waals surface area contributed by atoms with Crippen LogP contribution in [0.25, 0.3) is 0 Å². The Kier molecular flexibility index (Phi) is 10.8. The number of nitrogens with zero attached hydrogens (tertiary/aromatic N) is 1. The highest BCUT2D eigenvalue weighted by Crippen LogP contribution is 2.19. The van der Waals surface area contributed by atoms with E-state index >= 15 is 0 Å². The number of carbonyl (C=O) groups excluding carboxylic acids is 3. The number of aliphatic carboxylic acids is 2. The van der Waals surface area contributed by atoms with Gasteiger partial charge in [0.15, 0.2) is 0 Å². The summed E-state index contributed by atoms with van der Waals surface area (Å²) in [7, 11) is 0. The van der Waals surface area contributed by atoms with Crippen molar-refractivity contribution in [1.29, 1.82) is 0 Å². The van der Waals surface area contributed by atoms with Gasteiger partial charge in [0, 0.05) is 13.0 Å². The molecule has 0 spiro atoms. The highest BCUT2D eigenvalue weighted by molar-refractivity contribution is 5.92. The highest BCUT2D eigenvalue weighted by Gasteiger charge is 2.37. The summed E-state index contributed by atoms with van der Waals surface area (Å²) >= 11 is 0. The summed E-state index contributed by atoms with van der Waals surface area (Å²) in [6.07, 6.45) is 2.05. The second-order valence-electron chi connectivity index (χ2n) is 7.19. The van der Waals surface area contributed by atoms with Crippen molar-refractivity contribution in [1.82, 2.24) is 15.5 Å². The average molecular weight is 429 g/mol. The van der Waals surface area contributed by atoms with Gasteiger partial charge in [-0.3, -0.25) is 19.2 Å². The highest BCUT2D eigenvalue weighted by atomic mass is 16.4. The van der Waals surface area contributed by atoms with Crippen LogP contribution in [0.4, 0.5) is 0 Å². The van der Waals surface area contributed by atoms with Crippen LogP contribution in [0.1, 0.15) is 44.9 Å². The molecule has 0 aromatic heterocycles. The lowest BCUT2D eigenvalue weighted by molar-refractivity contribution is -0.149. The Labute approximate surface area is 174 Å². The predicted molar refractivity (Wildman–Crippen MR) is 105 cm³/mol. The lowest BCUT2D eigenvalue weighted by Gasteiger charge is -2.27. The maximum atomic E-state index is 12.8. The molecule has 0 saturated carbocycles. The zero-order chi connectivity index (χ0) is 22.7. The fraction of sp³-hybridized carbons (Fsp3) is 0.722. The van der Waals surface area contributed by atoms with Gasteiger partial charge >= 0.3 is 11.9 Å². The van der Waals surface area contributed by atoms with Crippen LogP contribution in [0.5, 0.6) is 0 Å². The summed E-state index contributed by atoms with van der Waals surface area (Å²) in [5, 5.41) is 22.8. The van der Waals surface area contributed by atoms with E-state index in [0.29, 0.717) is 38.8 Å². The van der Waals surface area contributed by atoms with Gasteiger partial charge < -0.3 is 37.2 Å². The van der Waals surface area contributed by atoms with E-state index in [-0.39, 0.29) is 19.3 Å².